The molecular weight excluding hydrogens is 340 g/mol. The number of nitrogens with zero attached hydrogens (tertiary/aromatic N) is 1. The number of esters is 2. The first-order chi connectivity index (χ1) is 11.3. The number of rotatable bonds is 8. The van der Waals surface area contributed by atoms with Crippen molar-refractivity contribution in [1.29, 1.82) is 0 Å². The van der Waals surface area contributed by atoms with E-state index in [2.05, 4.69) is 10.5 Å². The van der Waals surface area contributed by atoms with Crippen LogP contribution in [0.5, 0.6) is 0 Å². The Balaban J connectivity index is 2.89. The first-order valence-electron chi connectivity index (χ1n) is 7.00. The largest absolute Gasteiger partial charge is 0.466 e. The van der Waals surface area contributed by atoms with Gasteiger partial charge >= 0.3 is 11.9 Å². The molecule has 0 heterocycles. The average molecular weight is 358 g/mol. The van der Waals surface area contributed by atoms with Crippen LogP contribution >= 0.6 is 0 Å². The van der Waals surface area contributed by atoms with Crippen LogP contribution in [0.1, 0.15) is 20.3 Å². The van der Waals surface area contributed by atoms with Crippen molar-refractivity contribution in [3.05, 3.63) is 24.3 Å². The van der Waals surface area contributed by atoms with E-state index in [0.29, 0.717) is 5.69 Å². The molecule has 0 spiro atoms. The third kappa shape index (κ3) is 6.34. The summed E-state index contributed by atoms with van der Waals surface area (Å²) in [4.78, 5) is 23.0. The summed E-state index contributed by atoms with van der Waals surface area (Å²) in [5.74, 6) is -1.40. The van der Waals surface area contributed by atoms with Gasteiger partial charge in [0.05, 0.1) is 30.2 Å². The second-order valence-corrected chi connectivity index (χ2v) is 5.79. The lowest BCUT2D eigenvalue weighted by Gasteiger charge is -2.07. The molecule has 0 unspecified atom stereocenters. The number of ether oxygens (including phenoxy) is 2. The van der Waals surface area contributed by atoms with Crippen molar-refractivity contribution >= 4 is 33.5 Å². The van der Waals surface area contributed by atoms with E-state index < -0.39 is 22.1 Å². The first-order valence-corrected chi connectivity index (χ1v) is 8.44. The van der Waals surface area contributed by atoms with Gasteiger partial charge in [0.1, 0.15) is 0 Å². The minimum absolute atomic E-state index is 0.115. The van der Waals surface area contributed by atoms with Crippen LogP contribution in [0, 0.1) is 0 Å². The van der Waals surface area contributed by atoms with Gasteiger partial charge in [-0.2, -0.15) is 13.5 Å². The molecule has 132 valence electrons. The van der Waals surface area contributed by atoms with Gasteiger partial charge < -0.3 is 9.47 Å². The number of hydrogen-bond acceptors (Lipinski definition) is 8. The lowest BCUT2D eigenvalue weighted by Crippen LogP contribution is -2.23. The van der Waals surface area contributed by atoms with Crippen LogP contribution in [-0.4, -0.2) is 43.8 Å². The van der Waals surface area contributed by atoms with Gasteiger partial charge in [0.25, 0.3) is 10.1 Å². The fourth-order valence-electron chi connectivity index (χ4n) is 1.55. The fraction of sp³-hybridized carbons (Fsp3) is 0.357. The van der Waals surface area contributed by atoms with Crippen LogP contribution in [-0.2, 0) is 29.2 Å². The van der Waals surface area contributed by atoms with Crippen LogP contribution in [0.3, 0.4) is 0 Å². The first kappa shape index (κ1) is 19.6. The number of anilines is 1. The van der Waals surface area contributed by atoms with E-state index in [1.807, 2.05) is 0 Å². The maximum atomic E-state index is 11.8. The van der Waals surface area contributed by atoms with E-state index in [1.54, 1.807) is 13.8 Å². The van der Waals surface area contributed by atoms with E-state index in [4.69, 9.17) is 14.0 Å². The minimum Gasteiger partial charge on any atom is -0.466 e. The molecule has 0 aliphatic heterocycles. The summed E-state index contributed by atoms with van der Waals surface area (Å²) in [6.45, 7) is 3.53. The van der Waals surface area contributed by atoms with E-state index in [1.165, 1.54) is 12.1 Å². The Morgan fingerprint density at radius 2 is 1.71 bits per heavy atom. The Labute approximate surface area is 139 Å². The molecule has 10 heteroatoms. The number of hydrazone groups is 1. The Bertz CT molecular complexity index is 711. The second kappa shape index (κ2) is 8.99. The standard InChI is InChI=1S/C14H18N2O7S/c1-3-22-13(17)9-12(14(18)23-4-2)16-15-10-5-7-11(8-6-10)24(19,20)21/h5-8,15H,3-4,9H2,1-2H3,(H,19,20,21). The van der Waals surface area contributed by atoms with Crippen molar-refractivity contribution in [3.63, 3.8) is 0 Å². The smallest absolute Gasteiger partial charge is 0.355 e. The highest BCUT2D eigenvalue weighted by atomic mass is 32.2. The molecule has 1 aromatic carbocycles. The molecule has 0 saturated carbocycles. The molecule has 0 atom stereocenters. The van der Waals surface area contributed by atoms with Crippen molar-refractivity contribution in [2.75, 3.05) is 18.6 Å². The van der Waals surface area contributed by atoms with Crippen LogP contribution in [0.4, 0.5) is 5.69 Å². The molecule has 1 aromatic rings. The quantitative estimate of drug-likeness (QED) is 0.307. The number of nitrogens with one attached hydrogen (secondary N) is 1. The average Bonchev–Trinajstić information content (AvgIpc) is 2.51. The maximum absolute atomic E-state index is 11.8. The fourth-order valence-corrected chi connectivity index (χ4v) is 2.03. The normalized spacial score (nSPS) is 11.7. The molecule has 0 aliphatic rings. The third-order valence-corrected chi connectivity index (χ3v) is 3.47. The van der Waals surface area contributed by atoms with E-state index in [-0.39, 0.29) is 30.2 Å². The van der Waals surface area contributed by atoms with Gasteiger partial charge in [-0.3, -0.25) is 14.8 Å². The SMILES string of the molecule is CCOC(=O)CC(=NNc1ccc(S(=O)(=O)O)cc1)C(=O)OCC. The van der Waals surface area contributed by atoms with Crippen LogP contribution in [0.25, 0.3) is 0 Å². The Kier molecular flexibility index (Phi) is 7.33. The molecule has 9 nitrogen and oxygen atoms in total. The zero-order chi connectivity index (χ0) is 18.2. The van der Waals surface area contributed by atoms with Gasteiger partial charge in [0, 0.05) is 0 Å². The maximum Gasteiger partial charge on any atom is 0.355 e. The molecule has 1 rings (SSSR count). The molecule has 0 amide bonds. The molecule has 2 N–H and O–H groups in total. The monoisotopic (exact) mass is 358 g/mol. The predicted molar refractivity (Wildman–Crippen MR) is 85.2 cm³/mol. The third-order valence-electron chi connectivity index (χ3n) is 2.60. The Morgan fingerprint density at radius 1 is 1.12 bits per heavy atom. The highest BCUT2D eigenvalue weighted by Crippen LogP contribution is 2.13. The summed E-state index contributed by atoms with van der Waals surface area (Å²) in [5.41, 5.74) is 2.67. The second-order valence-electron chi connectivity index (χ2n) is 4.37. The molecule has 0 radical (unpaired) electrons. The van der Waals surface area contributed by atoms with Crippen LogP contribution in [0.2, 0.25) is 0 Å². The van der Waals surface area contributed by atoms with Gasteiger partial charge in [-0.1, -0.05) is 0 Å². The van der Waals surface area contributed by atoms with Gasteiger partial charge in [-0.05, 0) is 38.1 Å². The van der Waals surface area contributed by atoms with Crippen LogP contribution in [0.15, 0.2) is 34.3 Å². The van der Waals surface area contributed by atoms with E-state index in [0.717, 1.165) is 12.1 Å². The van der Waals surface area contributed by atoms with E-state index >= 15 is 0 Å². The van der Waals surface area contributed by atoms with Crippen molar-refractivity contribution in [2.45, 2.75) is 25.2 Å². The highest BCUT2D eigenvalue weighted by Gasteiger charge is 2.18. The summed E-state index contributed by atoms with van der Waals surface area (Å²) in [7, 11) is -4.29. The summed E-state index contributed by atoms with van der Waals surface area (Å²) in [5, 5.41) is 3.81. The molecule has 0 fully saturated rings. The number of carbonyl (C=O) groups excluding carboxylic acids is 2. The van der Waals surface area contributed by atoms with Crippen LogP contribution < -0.4 is 5.43 Å². The highest BCUT2D eigenvalue weighted by molar-refractivity contribution is 7.85. The van der Waals surface area contributed by atoms with Gasteiger partial charge in [0.15, 0.2) is 5.71 Å². The Hall–Kier alpha value is -2.46. The van der Waals surface area contributed by atoms with Crippen molar-refractivity contribution in [2.24, 2.45) is 5.10 Å². The molecule has 24 heavy (non-hydrogen) atoms. The Morgan fingerprint density at radius 3 is 2.21 bits per heavy atom. The molecule has 0 aromatic heterocycles. The molecular formula is C14H18N2O7S. The number of carbonyl (C=O) groups is 2. The molecule has 0 bridgehead atoms. The minimum atomic E-state index is -4.29. The van der Waals surface area contributed by atoms with Crippen molar-refractivity contribution in [1.82, 2.24) is 0 Å². The molecule has 0 aliphatic carbocycles. The van der Waals surface area contributed by atoms with Crippen molar-refractivity contribution in [3.8, 4) is 0 Å². The zero-order valence-corrected chi connectivity index (χ0v) is 14.0. The van der Waals surface area contributed by atoms with Crippen molar-refractivity contribution < 1.29 is 32.0 Å². The topological polar surface area (TPSA) is 131 Å². The summed E-state index contributed by atoms with van der Waals surface area (Å²) < 4.78 is 40.4. The lowest BCUT2D eigenvalue weighted by molar-refractivity contribution is -0.143. The summed E-state index contributed by atoms with van der Waals surface area (Å²) in [6.07, 6.45) is -0.372. The number of hydrogen-bond donors (Lipinski definition) is 2. The van der Waals surface area contributed by atoms with Gasteiger partial charge in [0.2, 0.25) is 0 Å². The predicted octanol–water partition coefficient (Wildman–Crippen LogP) is 1.22. The zero-order valence-electron chi connectivity index (χ0n) is 13.2. The van der Waals surface area contributed by atoms with Gasteiger partial charge in [-0.15, -0.1) is 0 Å². The summed E-state index contributed by atoms with van der Waals surface area (Å²) >= 11 is 0. The lowest BCUT2D eigenvalue weighted by atomic mass is 10.3. The summed E-state index contributed by atoms with van der Waals surface area (Å²) in [6, 6.07) is 4.98. The van der Waals surface area contributed by atoms with E-state index in [9.17, 15) is 18.0 Å². The number of benzene rings is 1. The van der Waals surface area contributed by atoms with Gasteiger partial charge in [-0.25, -0.2) is 4.79 Å². The molecule has 0 saturated heterocycles.